The number of aryl methyl sites for hydroxylation is 3. The van der Waals surface area contributed by atoms with Crippen molar-refractivity contribution in [2.45, 2.75) is 40.0 Å². The number of piperidine rings is 1. The first-order valence-electron chi connectivity index (χ1n) is 9.73. The van der Waals surface area contributed by atoms with E-state index in [1.165, 1.54) is 32.7 Å². The van der Waals surface area contributed by atoms with Gasteiger partial charge in [-0.3, -0.25) is 4.79 Å². The van der Waals surface area contributed by atoms with E-state index in [9.17, 15) is 9.90 Å². The number of hydrogen-bond donors (Lipinski definition) is 1. The van der Waals surface area contributed by atoms with Gasteiger partial charge in [-0.2, -0.15) is 0 Å². The molecule has 152 valence electrons. The predicted molar refractivity (Wildman–Crippen MR) is 121 cm³/mol. The van der Waals surface area contributed by atoms with Crippen LogP contribution in [0.1, 0.15) is 46.4 Å². The van der Waals surface area contributed by atoms with Gasteiger partial charge in [0.05, 0.1) is 5.92 Å². The lowest BCUT2D eigenvalue weighted by Gasteiger charge is -2.30. The van der Waals surface area contributed by atoms with Crippen molar-refractivity contribution >= 4 is 35.3 Å². The number of likely N-dealkylation sites (tertiary alicyclic amines) is 1. The van der Waals surface area contributed by atoms with Crippen molar-refractivity contribution in [3.8, 4) is 0 Å². The van der Waals surface area contributed by atoms with Gasteiger partial charge in [-0.1, -0.05) is 29.8 Å². The quantitative estimate of drug-likeness (QED) is 0.651. The van der Waals surface area contributed by atoms with Crippen LogP contribution in [0.5, 0.6) is 0 Å². The Balaban J connectivity index is 0.00000280. The molecule has 5 heteroatoms. The van der Waals surface area contributed by atoms with Gasteiger partial charge >= 0.3 is 5.97 Å². The number of rotatable bonds is 6. The summed E-state index contributed by atoms with van der Waals surface area (Å²) in [5.41, 5.74) is 6.51. The molecule has 0 aliphatic carbocycles. The van der Waals surface area contributed by atoms with Gasteiger partial charge in [0, 0.05) is 18.0 Å². The third-order valence-electron chi connectivity index (χ3n) is 5.43. The highest BCUT2D eigenvalue weighted by Crippen LogP contribution is 2.33. The molecule has 1 saturated heterocycles. The fourth-order valence-corrected chi connectivity index (χ4v) is 4.92. The topological polar surface area (TPSA) is 40.5 Å². The van der Waals surface area contributed by atoms with E-state index >= 15 is 0 Å². The molecule has 1 aliphatic heterocycles. The second-order valence-electron chi connectivity index (χ2n) is 7.64. The molecule has 2 heterocycles. The molecule has 0 amide bonds. The van der Waals surface area contributed by atoms with Crippen molar-refractivity contribution in [3.63, 3.8) is 0 Å². The summed E-state index contributed by atoms with van der Waals surface area (Å²) in [7, 11) is 0. The number of benzene rings is 1. The first-order valence-corrected chi connectivity index (χ1v) is 10.6. The van der Waals surface area contributed by atoms with Gasteiger partial charge in [0.2, 0.25) is 0 Å². The van der Waals surface area contributed by atoms with Gasteiger partial charge in [0.15, 0.2) is 0 Å². The summed E-state index contributed by atoms with van der Waals surface area (Å²) in [6.07, 6.45) is 5.08. The number of hydrogen-bond acceptors (Lipinski definition) is 3. The molecule has 0 bridgehead atoms. The summed E-state index contributed by atoms with van der Waals surface area (Å²) < 4.78 is 0. The van der Waals surface area contributed by atoms with Crippen LogP contribution in [0.3, 0.4) is 0 Å². The minimum absolute atomic E-state index is 0. The first kappa shape index (κ1) is 22.7. The van der Waals surface area contributed by atoms with Crippen molar-refractivity contribution in [2.75, 3.05) is 19.6 Å². The molecule has 1 aromatic heterocycles. The Kier molecular flexibility index (Phi) is 8.29. The zero-order valence-corrected chi connectivity index (χ0v) is 18.5. The smallest absolute Gasteiger partial charge is 0.307 e. The maximum absolute atomic E-state index is 11.3. The molecular formula is C23H30ClNO2S. The highest BCUT2D eigenvalue weighted by molar-refractivity contribution is 7.11. The van der Waals surface area contributed by atoms with E-state index in [0.29, 0.717) is 6.54 Å². The summed E-state index contributed by atoms with van der Waals surface area (Å²) in [4.78, 5) is 14.9. The normalized spacial score (nSPS) is 18.0. The molecule has 0 radical (unpaired) electrons. The molecule has 1 aliphatic rings. The highest BCUT2D eigenvalue weighted by atomic mass is 35.5. The fraction of sp³-hybridized carbons (Fsp3) is 0.435. The van der Waals surface area contributed by atoms with Gasteiger partial charge in [-0.25, -0.2) is 0 Å². The lowest BCUT2D eigenvalue weighted by atomic mass is 9.95. The second kappa shape index (κ2) is 10.2. The second-order valence-corrected chi connectivity index (χ2v) is 8.55. The molecule has 1 N–H and O–H groups in total. The monoisotopic (exact) mass is 419 g/mol. The van der Waals surface area contributed by atoms with Crippen molar-refractivity contribution in [3.05, 3.63) is 62.9 Å². The molecule has 1 fully saturated rings. The molecule has 0 unspecified atom stereocenters. The predicted octanol–water partition coefficient (Wildman–Crippen LogP) is 5.71. The molecule has 1 atom stereocenters. The van der Waals surface area contributed by atoms with Gasteiger partial charge in [-0.05, 0) is 80.3 Å². The standard InChI is InChI=1S/C23H29NO2S.ClH/c1-16-8-9-20(18(3)14-16)21(22-17(2)10-13-27-22)7-5-12-24-11-4-6-19(15-24)23(25)26;/h7-10,13-14,19H,4-6,11-12,15H2,1-3H3,(H,25,26);1H/b21-7-;/t19-;/m1./s1. The van der Waals surface area contributed by atoms with Crippen LogP contribution >= 0.6 is 23.7 Å². The van der Waals surface area contributed by atoms with Crippen molar-refractivity contribution < 1.29 is 9.90 Å². The summed E-state index contributed by atoms with van der Waals surface area (Å²) in [6, 6.07) is 8.84. The van der Waals surface area contributed by atoms with Gasteiger partial charge in [0.25, 0.3) is 0 Å². The van der Waals surface area contributed by atoms with E-state index in [1.807, 2.05) is 0 Å². The Labute approximate surface area is 178 Å². The van der Waals surface area contributed by atoms with Crippen molar-refractivity contribution in [1.82, 2.24) is 4.90 Å². The number of carboxylic acids is 1. The van der Waals surface area contributed by atoms with Crippen LogP contribution in [0.25, 0.3) is 5.57 Å². The SMILES string of the molecule is Cc1ccc(/C(=C/CCN2CCC[C@@H](C(=O)O)C2)c2sccc2C)c(C)c1.Cl. The van der Waals surface area contributed by atoms with E-state index in [4.69, 9.17) is 0 Å². The number of thiophene rings is 1. The van der Waals surface area contributed by atoms with E-state index in [1.54, 1.807) is 11.3 Å². The number of carboxylic acid groups (broad SMARTS) is 1. The zero-order valence-electron chi connectivity index (χ0n) is 16.9. The number of halogens is 1. The molecule has 28 heavy (non-hydrogen) atoms. The number of aliphatic carboxylic acids is 1. The van der Waals surface area contributed by atoms with E-state index in [0.717, 1.165) is 32.4 Å². The van der Waals surface area contributed by atoms with E-state index in [-0.39, 0.29) is 18.3 Å². The summed E-state index contributed by atoms with van der Waals surface area (Å²) >= 11 is 1.80. The van der Waals surface area contributed by atoms with Crippen LogP contribution in [0.2, 0.25) is 0 Å². The Bertz CT molecular complexity index is 843. The molecule has 0 spiro atoms. The maximum atomic E-state index is 11.3. The number of nitrogens with zero attached hydrogens (tertiary/aromatic N) is 1. The van der Waals surface area contributed by atoms with E-state index in [2.05, 4.69) is 61.4 Å². The Hall–Kier alpha value is -1.62. The van der Waals surface area contributed by atoms with Crippen molar-refractivity contribution in [2.24, 2.45) is 5.92 Å². The maximum Gasteiger partial charge on any atom is 0.307 e. The molecule has 3 nitrogen and oxygen atoms in total. The van der Waals surface area contributed by atoms with Crippen molar-refractivity contribution in [1.29, 1.82) is 0 Å². The average Bonchev–Trinajstić information content (AvgIpc) is 3.05. The Morgan fingerprint density at radius 3 is 2.68 bits per heavy atom. The van der Waals surface area contributed by atoms with Crippen LogP contribution in [0.4, 0.5) is 0 Å². The summed E-state index contributed by atoms with van der Waals surface area (Å²) in [6.45, 7) is 9.09. The van der Waals surface area contributed by atoms with Crippen LogP contribution in [-0.4, -0.2) is 35.6 Å². The van der Waals surface area contributed by atoms with Crippen LogP contribution in [-0.2, 0) is 4.79 Å². The third-order valence-corrected chi connectivity index (χ3v) is 6.48. The Morgan fingerprint density at radius 1 is 1.25 bits per heavy atom. The van der Waals surface area contributed by atoms with Crippen LogP contribution in [0.15, 0.2) is 35.7 Å². The Morgan fingerprint density at radius 2 is 2.04 bits per heavy atom. The van der Waals surface area contributed by atoms with Gasteiger partial charge < -0.3 is 10.0 Å². The number of carbonyl (C=O) groups is 1. The van der Waals surface area contributed by atoms with Gasteiger partial charge in [0.1, 0.15) is 0 Å². The molecule has 2 aromatic rings. The van der Waals surface area contributed by atoms with Gasteiger partial charge in [-0.15, -0.1) is 23.7 Å². The first-order chi connectivity index (χ1) is 13.0. The largest absolute Gasteiger partial charge is 0.481 e. The third kappa shape index (κ3) is 5.47. The molecular weight excluding hydrogens is 390 g/mol. The minimum atomic E-state index is -0.652. The van der Waals surface area contributed by atoms with E-state index < -0.39 is 5.97 Å². The fourth-order valence-electron chi connectivity index (χ4n) is 3.94. The zero-order chi connectivity index (χ0) is 19.4. The lowest BCUT2D eigenvalue weighted by molar-refractivity contribution is -0.143. The average molecular weight is 420 g/mol. The molecule has 0 saturated carbocycles. The summed E-state index contributed by atoms with van der Waals surface area (Å²) in [5.74, 6) is -0.860. The van der Waals surface area contributed by atoms with Crippen LogP contribution < -0.4 is 0 Å². The van der Waals surface area contributed by atoms with Crippen LogP contribution in [0, 0.1) is 26.7 Å². The molecule has 3 rings (SSSR count). The minimum Gasteiger partial charge on any atom is -0.481 e. The lowest BCUT2D eigenvalue weighted by Crippen LogP contribution is -2.39. The molecule has 1 aromatic carbocycles. The highest BCUT2D eigenvalue weighted by Gasteiger charge is 2.24. The summed E-state index contributed by atoms with van der Waals surface area (Å²) in [5, 5.41) is 11.4.